The zero-order valence-corrected chi connectivity index (χ0v) is 18.5. The number of aromatic nitrogens is 3. The molecule has 0 bridgehead atoms. The molecule has 3 aromatic rings. The monoisotopic (exact) mass is 426 g/mol. The fourth-order valence-electron chi connectivity index (χ4n) is 4.79. The molecule has 2 fully saturated rings. The lowest BCUT2D eigenvalue weighted by atomic mass is 9.92. The molecule has 1 saturated carbocycles. The number of pyridine rings is 1. The Kier molecular flexibility index (Phi) is 5.10. The van der Waals surface area contributed by atoms with Crippen LogP contribution in [0.3, 0.4) is 0 Å². The summed E-state index contributed by atoms with van der Waals surface area (Å²) in [5, 5.41) is 10.0. The number of aldehydes is 1. The highest BCUT2D eigenvalue weighted by Gasteiger charge is 2.47. The normalized spacial score (nSPS) is 18.3. The number of nitriles is 1. The molecule has 7 heteroatoms. The summed E-state index contributed by atoms with van der Waals surface area (Å²) in [6.07, 6.45) is 10.3. The highest BCUT2D eigenvalue weighted by Crippen LogP contribution is 2.51. The van der Waals surface area contributed by atoms with Gasteiger partial charge in [-0.1, -0.05) is 6.07 Å². The van der Waals surface area contributed by atoms with Crippen LogP contribution >= 0.6 is 0 Å². The molecule has 0 atom stereocenters. The molecule has 0 amide bonds. The van der Waals surface area contributed by atoms with Gasteiger partial charge >= 0.3 is 0 Å². The van der Waals surface area contributed by atoms with E-state index < -0.39 is 5.41 Å². The van der Waals surface area contributed by atoms with Crippen molar-refractivity contribution < 1.29 is 4.79 Å². The Morgan fingerprint density at radius 1 is 1.12 bits per heavy atom. The van der Waals surface area contributed by atoms with Gasteiger partial charge in [0, 0.05) is 48.2 Å². The zero-order valence-electron chi connectivity index (χ0n) is 18.5. The fourth-order valence-corrected chi connectivity index (χ4v) is 4.79. The summed E-state index contributed by atoms with van der Waals surface area (Å²) in [7, 11) is 4.33. The maximum absolute atomic E-state index is 12.1. The number of hydrogen-bond donors (Lipinski definition) is 0. The van der Waals surface area contributed by atoms with E-state index in [-0.39, 0.29) is 5.82 Å². The molecule has 1 aliphatic heterocycles. The van der Waals surface area contributed by atoms with Gasteiger partial charge in [-0.25, -0.2) is 9.97 Å². The summed E-state index contributed by atoms with van der Waals surface area (Å²) in [4.78, 5) is 29.8. The smallest absolute Gasteiger partial charge is 0.232 e. The van der Waals surface area contributed by atoms with Gasteiger partial charge in [0.15, 0.2) is 0 Å². The molecule has 0 spiro atoms. The van der Waals surface area contributed by atoms with Crippen molar-refractivity contribution in [3.05, 3.63) is 48.2 Å². The van der Waals surface area contributed by atoms with E-state index in [9.17, 15) is 4.79 Å². The van der Waals surface area contributed by atoms with E-state index in [0.29, 0.717) is 6.04 Å². The third kappa shape index (κ3) is 3.51. The summed E-state index contributed by atoms with van der Waals surface area (Å²) in [5.41, 5.74) is 4.46. The molecule has 0 unspecified atom stereocenters. The Labute approximate surface area is 187 Å². The molecule has 162 valence electrons. The first-order valence-corrected chi connectivity index (χ1v) is 11.1. The minimum Gasteiger partial charge on any atom is -0.371 e. The number of carbonyl (C=O) groups is 1. The van der Waals surface area contributed by atoms with Gasteiger partial charge in [0.05, 0.1) is 16.6 Å². The molecule has 0 radical (unpaired) electrons. The van der Waals surface area contributed by atoms with E-state index in [1.807, 2.05) is 24.4 Å². The van der Waals surface area contributed by atoms with Crippen molar-refractivity contribution in [1.29, 1.82) is 5.26 Å². The van der Waals surface area contributed by atoms with Crippen molar-refractivity contribution in [3.8, 4) is 17.2 Å². The molecule has 0 N–H and O–H groups in total. The summed E-state index contributed by atoms with van der Waals surface area (Å²) < 4.78 is 0. The minimum absolute atomic E-state index is 0.155. The number of rotatable bonds is 5. The van der Waals surface area contributed by atoms with E-state index in [4.69, 9.17) is 10.2 Å². The van der Waals surface area contributed by atoms with E-state index in [1.165, 1.54) is 0 Å². The second kappa shape index (κ2) is 7.95. The van der Waals surface area contributed by atoms with Gasteiger partial charge < -0.3 is 14.6 Å². The van der Waals surface area contributed by atoms with Gasteiger partial charge in [0.1, 0.15) is 12.4 Å². The van der Waals surface area contributed by atoms with Crippen molar-refractivity contribution in [2.24, 2.45) is 0 Å². The number of nitrogens with zero attached hydrogens (tertiary/aromatic N) is 6. The Morgan fingerprint density at radius 2 is 1.84 bits per heavy atom. The molecular formula is C25H26N6O. The average molecular weight is 427 g/mol. The second-order valence-corrected chi connectivity index (χ2v) is 9.08. The van der Waals surface area contributed by atoms with Crippen molar-refractivity contribution in [2.45, 2.75) is 37.1 Å². The van der Waals surface area contributed by atoms with Gasteiger partial charge in [-0.05, 0) is 63.5 Å². The van der Waals surface area contributed by atoms with Crippen LogP contribution in [0.4, 0.5) is 5.69 Å². The van der Waals surface area contributed by atoms with Gasteiger partial charge in [-0.2, -0.15) is 5.26 Å². The third-order valence-electron chi connectivity index (χ3n) is 7.06. The van der Waals surface area contributed by atoms with Crippen LogP contribution in [0.5, 0.6) is 0 Å². The van der Waals surface area contributed by atoms with Crippen LogP contribution < -0.4 is 4.90 Å². The lowest BCUT2D eigenvalue weighted by molar-refractivity contribution is -0.109. The molecule has 1 saturated heterocycles. The summed E-state index contributed by atoms with van der Waals surface area (Å²) in [6.45, 7) is 2.14. The van der Waals surface area contributed by atoms with E-state index in [2.05, 4.69) is 39.9 Å². The average Bonchev–Trinajstić information content (AvgIpc) is 3.64. The first-order chi connectivity index (χ1) is 15.5. The maximum atomic E-state index is 12.1. The van der Waals surface area contributed by atoms with Crippen LogP contribution in [0, 0.1) is 11.3 Å². The number of carbonyl (C=O) groups excluding carboxylic acids is 1. The van der Waals surface area contributed by atoms with Crippen molar-refractivity contribution >= 4 is 22.9 Å². The zero-order chi connectivity index (χ0) is 22.3. The Balaban J connectivity index is 1.65. The molecule has 2 aromatic heterocycles. The van der Waals surface area contributed by atoms with Crippen LogP contribution in [0.25, 0.3) is 22.0 Å². The number of fused-ring (bicyclic) bond motifs is 1. The van der Waals surface area contributed by atoms with Crippen molar-refractivity contribution in [1.82, 2.24) is 19.9 Å². The number of likely N-dealkylation sites (tertiary alicyclic amines) is 1. The van der Waals surface area contributed by atoms with Crippen molar-refractivity contribution in [3.63, 3.8) is 0 Å². The van der Waals surface area contributed by atoms with Crippen LogP contribution in [0.1, 0.15) is 37.1 Å². The molecule has 3 heterocycles. The van der Waals surface area contributed by atoms with Crippen LogP contribution in [0.15, 0.2) is 36.8 Å². The van der Waals surface area contributed by atoms with Crippen LogP contribution in [-0.4, -0.2) is 59.4 Å². The third-order valence-corrected chi connectivity index (χ3v) is 7.06. The standard InChI is InChI=1S/C25H26N6O/c1-30-9-5-19(6-10-30)31(2)24-20-11-17(18-13-28-23(12-26)29-14-18)3-4-22(20)27-15-21(24)25(16-32)7-8-25/h3-4,11,13-16,19H,5-10H2,1-2H3. The Morgan fingerprint density at radius 3 is 2.47 bits per heavy atom. The van der Waals surface area contributed by atoms with E-state index in [1.54, 1.807) is 12.4 Å². The molecule has 1 aliphatic carbocycles. The number of benzene rings is 1. The van der Waals surface area contributed by atoms with Gasteiger partial charge in [-0.3, -0.25) is 4.98 Å². The summed E-state index contributed by atoms with van der Waals surface area (Å²) >= 11 is 0. The molecule has 1 aromatic carbocycles. The topological polar surface area (TPSA) is 86.0 Å². The summed E-state index contributed by atoms with van der Waals surface area (Å²) in [5.74, 6) is 0.155. The van der Waals surface area contributed by atoms with E-state index >= 15 is 0 Å². The SMILES string of the molecule is CN1CCC(N(C)c2c(C3(C=O)CC3)cnc3ccc(-c4cnc(C#N)nc4)cc23)CC1. The molecular weight excluding hydrogens is 400 g/mol. The highest BCUT2D eigenvalue weighted by atomic mass is 16.1. The molecule has 7 nitrogen and oxygen atoms in total. The number of piperidine rings is 1. The van der Waals surface area contributed by atoms with E-state index in [0.717, 1.165) is 78.3 Å². The van der Waals surface area contributed by atoms with Gasteiger partial charge in [0.2, 0.25) is 5.82 Å². The number of hydrogen-bond acceptors (Lipinski definition) is 7. The Hall–Kier alpha value is -3.37. The lowest BCUT2D eigenvalue weighted by Gasteiger charge is -2.38. The van der Waals surface area contributed by atoms with Crippen molar-refractivity contribution in [2.75, 3.05) is 32.1 Å². The molecule has 32 heavy (non-hydrogen) atoms. The predicted molar refractivity (Wildman–Crippen MR) is 123 cm³/mol. The molecule has 2 aliphatic rings. The lowest BCUT2D eigenvalue weighted by Crippen LogP contribution is -2.42. The predicted octanol–water partition coefficient (Wildman–Crippen LogP) is 3.32. The quantitative estimate of drug-likeness (QED) is 0.579. The fraction of sp³-hybridized carbons (Fsp3) is 0.400. The molecule has 5 rings (SSSR count). The van der Waals surface area contributed by atoms with Gasteiger partial charge in [0.25, 0.3) is 0 Å². The first kappa shape index (κ1) is 20.5. The minimum atomic E-state index is -0.413. The second-order valence-electron chi connectivity index (χ2n) is 9.08. The van der Waals surface area contributed by atoms with Gasteiger partial charge in [-0.15, -0.1) is 0 Å². The largest absolute Gasteiger partial charge is 0.371 e. The number of anilines is 1. The highest BCUT2D eigenvalue weighted by molar-refractivity contribution is 5.98. The Bertz CT molecular complexity index is 1200. The van der Waals surface area contributed by atoms with Crippen LogP contribution in [-0.2, 0) is 10.2 Å². The van der Waals surface area contributed by atoms with Crippen LogP contribution in [0.2, 0.25) is 0 Å². The first-order valence-electron chi connectivity index (χ1n) is 11.1. The summed E-state index contributed by atoms with van der Waals surface area (Å²) in [6, 6.07) is 8.52. The maximum Gasteiger partial charge on any atom is 0.232 e.